The molecule has 0 spiro atoms. The van der Waals surface area contributed by atoms with Gasteiger partial charge in [0.1, 0.15) is 5.82 Å². The Morgan fingerprint density at radius 1 is 1.50 bits per heavy atom. The number of halogens is 1. The van der Waals surface area contributed by atoms with Gasteiger partial charge in [-0.2, -0.15) is 0 Å². The Morgan fingerprint density at radius 3 is 2.64 bits per heavy atom. The molecule has 0 aliphatic rings. The van der Waals surface area contributed by atoms with Gasteiger partial charge in [0.2, 0.25) is 0 Å². The highest BCUT2D eigenvalue weighted by molar-refractivity contribution is 5.25. The zero-order valence-electron chi connectivity index (χ0n) is 8.50. The summed E-state index contributed by atoms with van der Waals surface area (Å²) >= 11 is 0. The van der Waals surface area contributed by atoms with Crippen molar-refractivity contribution in [1.82, 2.24) is 0 Å². The Kier molecular flexibility index (Phi) is 3.61. The first-order valence-corrected chi connectivity index (χ1v) is 4.76. The Labute approximate surface area is 83.6 Å². The molecule has 1 rings (SSSR count). The van der Waals surface area contributed by atoms with Crippen molar-refractivity contribution < 1.29 is 9.50 Å². The number of hydrogen-bond acceptors (Lipinski definition) is 2. The molecule has 1 aromatic carbocycles. The molecule has 0 amide bonds. The van der Waals surface area contributed by atoms with Crippen molar-refractivity contribution in [3.8, 4) is 0 Å². The van der Waals surface area contributed by atoms with Gasteiger partial charge in [-0.3, -0.25) is 0 Å². The quantitative estimate of drug-likeness (QED) is 0.777. The van der Waals surface area contributed by atoms with Crippen LogP contribution in [0.4, 0.5) is 4.39 Å². The van der Waals surface area contributed by atoms with Crippen LogP contribution in [0.2, 0.25) is 0 Å². The van der Waals surface area contributed by atoms with Gasteiger partial charge in [-0.15, -0.1) is 0 Å². The first-order chi connectivity index (χ1) is 6.56. The fourth-order valence-corrected chi connectivity index (χ4v) is 1.26. The Morgan fingerprint density at radius 2 is 2.14 bits per heavy atom. The smallest absolute Gasteiger partial charge is 0.126 e. The average Bonchev–Trinajstić information content (AvgIpc) is 2.20. The third-order valence-corrected chi connectivity index (χ3v) is 2.41. The summed E-state index contributed by atoms with van der Waals surface area (Å²) in [5, 5.41) is 9.71. The van der Waals surface area contributed by atoms with E-state index in [-0.39, 0.29) is 11.9 Å². The molecule has 3 heteroatoms. The summed E-state index contributed by atoms with van der Waals surface area (Å²) in [6.07, 6.45) is -0.119. The Hall–Kier alpha value is -0.930. The molecule has 3 N–H and O–H groups in total. The maximum absolute atomic E-state index is 13.2. The van der Waals surface area contributed by atoms with Gasteiger partial charge in [-0.05, 0) is 30.5 Å². The Balaban J connectivity index is 2.91. The zero-order chi connectivity index (χ0) is 10.7. The number of aliphatic hydroxyl groups is 1. The van der Waals surface area contributed by atoms with Crippen LogP contribution in [0.15, 0.2) is 18.2 Å². The normalized spacial score (nSPS) is 15.2. The minimum absolute atomic E-state index is 0.301. The summed E-state index contributed by atoms with van der Waals surface area (Å²) in [7, 11) is 0. The number of aryl methyl sites for hydroxylation is 1. The van der Waals surface area contributed by atoms with E-state index < -0.39 is 6.10 Å². The fourth-order valence-electron chi connectivity index (χ4n) is 1.26. The first-order valence-electron chi connectivity index (χ1n) is 4.76. The minimum Gasteiger partial charge on any atom is -0.387 e. The molecule has 0 aromatic heterocycles. The maximum Gasteiger partial charge on any atom is 0.126 e. The molecule has 1 aromatic rings. The second-order valence-corrected chi connectivity index (χ2v) is 3.53. The van der Waals surface area contributed by atoms with Crippen molar-refractivity contribution in [2.24, 2.45) is 5.73 Å². The lowest BCUT2D eigenvalue weighted by Gasteiger charge is -2.17. The van der Waals surface area contributed by atoms with Crippen molar-refractivity contribution >= 4 is 0 Å². The van der Waals surface area contributed by atoms with E-state index in [4.69, 9.17) is 5.73 Å². The van der Waals surface area contributed by atoms with Gasteiger partial charge in [0.15, 0.2) is 0 Å². The number of benzene rings is 1. The molecule has 0 unspecified atom stereocenters. The zero-order valence-corrected chi connectivity index (χ0v) is 8.50. The molecule has 0 radical (unpaired) electrons. The van der Waals surface area contributed by atoms with Gasteiger partial charge in [-0.1, -0.05) is 19.1 Å². The van der Waals surface area contributed by atoms with Crippen LogP contribution in [0.5, 0.6) is 0 Å². The maximum atomic E-state index is 13.2. The summed E-state index contributed by atoms with van der Waals surface area (Å²) in [6.45, 7) is 3.57. The Bertz CT molecular complexity index is 314. The van der Waals surface area contributed by atoms with Crippen LogP contribution >= 0.6 is 0 Å². The topological polar surface area (TPSA) is 46.2 Å². The molecular formula is C11H16FNO. The number of aliphatic hydroxyl groups excluding tert-OH is 1. The standard InChI is InChI=1S/C11H16FNO/c1-3-10(13)11(14)8-5-4-7(2)9(12)6-8/h4-6,10-11,14H,3,13H2,1-2H3/t10-,11+/m1/s1. The lowest BCUT2D eigenvalue weighted by Crippen LogP contribution is -2.27. The van der Waals surface area contributed by atoms with E-state index in [0.717, 1.165) is 0 Å². The third-order valence-electron chi connectivity index (χ3n) is 2.41. The number of rotatable bonds is 3. The molecule has 2 nitrogen and oxygen atoms in total. The lowest BCUT2D eigenvalue weighted by molar-refractivity contribution is 0.144. The molecule has 0 aliphatic heterocycles. The summed E-state index contributed by atoms with van der Waals surface area (Å²) in [5.41, 5.74) is 6.78. The van der Waals surface area contributed by atoms with E-state index in [0.29, 0.717) is 17.5 Å². The van der Waals surface area contributed by atoms with Gasteiger partial charge in [0.05, 0.1) is 6.10 Å². The monoisotopic (exact) mass is 197 g/mol. The largest absolute Gasteiger partial charge is 0.387 e. The fraction of sp³-hybridized carbons (Fsp3) is 0.455. The molecule has 0 fully saturated rings. The molecule has 2 atom stereocenters. The average molecular weight is 197 g/mol. The van der Waals surface area contributed by atoms with E-state index in [9.17, 15) is 9.50 Å². The summed E-state index contributed by atoms with van der Waals surface area (Å²) in [6, 6.07) is 4.36. The van der Waals surface area contributed by atoms with Crippen LogP contribution in [0.25, 0.3) is 0 Å². The van der Waals surface area contributed by atoms with E-state index in [1.165, 1.54) is 6.07 Å². The first kappa shape index (κ1) is 11.1. The summed E-state index contributed by atoms with van der Waals surface area (Å²) in [4.78, 5) is 0. The van der Waals surface area contributed by atoms with Crippen LogP contribution in [0.3, 0.4) is 0 Å². The van der Waals surface area contributed by atoms with Crippen LogP contribution in [0, 0.1) is 12.7 Å². The number of nitrogens with two attached hydrogens (primary N) is 1. The van der Waals surface area contributed by atoms with Crippen molar-refractivity contribution in [3.05, 3.63) is 35.1 Å². The molecule has 0 saturated carbocycles. The highest BCUT2D eigenvalue weighted by atomic mass is 19.1. The second kappa shape index (κ2) is 4.53. The third kappa shape index (κ3) is 2.30. The predicted molar refractivity (Wildman–Crippen MR) is 54.4 cm³/mol. The number of hydrogen-bond donors (Lipinski definition) is 2. The predicted octanol–water partition coefficient (Wildman–Crippen LogP) is 1.90. The van der Waals surface area contributed by atoms with Gasteiger partial charge >= 0.3 is 0 Å². The molecule has 0 bridgehead atoms. The SMILES string of the molecule is CC[C@@H](N)[C@@H](O)c1ccc(C)c(F)c1. The van der Waals surface area contributed by atoms with Gasteiger partial charge in [-0.25, -0.2) is 4.39 Å². The highest BCUT2D eigenvalue weighted by Crippen LogP contribution is 2.19. The summed E-state index contributed by atoms with van der Waals surface area (Å²) in [5.74, 6) is -0.301. The van der Waals surface area contributed by atoms with E-state index in [1.807, 2.05) is 6.92 Å². The van der Waals surface area contributed by atoms with Gasteiger partial charge in [0.25, 0.3) is 0 Å². The van der Waals surface area contributed by atoms with Crippen molar-refractivity contribution in [1.29, 1.82) is 0 Å². The minimum atomic E-state index is -0.782. The van der Waals surface area contributed by atoms with Crippen LogP contribution in [-0.2, 0) is 0 Å². The second-order valence-electron chi connectivity index (χ2n) is 3.53. The molecule has 0 aliphatic carbocycles. The molecule has 0 heterocycles. The highest BCUT2D eigenvalue weighted by Gasteiger charge is 2.15. The van der Waals surface area contributed by atoms with Crippen molar-refractivity contribution in [2.75, 3.05) is 0 Å². The molecule has 78 valence electrons. The van der Waals surface area contributed by atoms with Gasteiger partial charge < -0.3 is 10.8 Å². The van der Waals surface area contributed by atoms with Gasteiger partial charge in [0, 0.05) is 6.04 Å². The molecule has 14 heavy (non-hydrogen) atoms. The van der Waals surface area contributed by atoms with Crippen LogP contribution in [0.1, 0.15) is 30.6 Å². The molecule has 0 saturated heterocycles. The van der Waals surface area contributed by atoms with E-state index >= 15 is 0 Å². The molecular weight excluding hydrogens is 181 g/mol. The van der Waals surface area contributed by atoms with E-state index in [2.05, 4.69) is 0 Å². The van der Waals surface area contributed by atoms with Crippen molar-refractivity contribution in [2.45, 2.75) is 32.4 Å². The van der Waals surface area contributed by atoms with E-state index in [1.54, 1.807) is 19.1 Å². The lowest BCUT2D eigenvalue weighted by atomic mass is 10.00. The summed E-state index contributed by atoms with van der Waals surface area (Å²) < 4.78 is 13.2. The van der Waals surface area contributed by atoms with Crippen LogP contribution < -0.4 is 5.73 Å². The van der Waals surface area contributed by atoms with Crippen molar-refractivity contribution in [3.63, 3.8) is 0 Å². The van der Waals surface area contributed by atoms with Crippen LogP contribution in [-0.4, -0.2) is 11.1 Å².